The fourth-order valence-electron chi connectivity index (χ4n) is 3.18. The summed E-state index contributed by atoms with van der Waals surface area (Å²) >= 11 is 1.41. The van der Waals surface area contributed by atoms with Crippen LogP contribution in [0.2, 0.25) is 0 Å². The summed E-state index contributed by atoms with van der Waals surface area (Å²) in [6.07, 6.45) is 1.33. The maximum Gasteiger partial charge on any atom is 0.326 e. The Bertz CT molecular complexity index is 925. The lowest BCUT2D eigenvalue weighted by Crippen LogP contribution is -2.58. The zero-order valence-corrected chi connectivity index (χ0v) is 21.2. The predicted octanol–water partition coefficient (Wildman–Crippen LogP) is -0.315. The van der Waals surface area contributed by atoms with E-state index in [0.29, 0.717) is 11.3 Å². The third-order valence-electron chi connectivity index (χ3n) is 5.21. The van der Waals surface area contributed by atoms with Gasteiger partial charge in [-0.1, -0.05) is 26.0 Å². The molecule has 1 aromatic carbocycles. The van der Waals surface area contributed by atoms with Crippen molar-refractivity contribution in [3.63, 3.8) is 0 Å². The van der Waals surface area contributed by atoms with Gasteiger partial charge in [0.05, 0.1) is 12.5 Å². The Kier molecular flexibility index (Phi) is 12.7. The Labute approximate surface area is 213 Å². The summed E-state index contributed by atoms with van der Waals surface area (Å²) in [7, 11) is 0. The Hall–Kier alpha value is -3.32. The summed E-state index contributed by atoms with van der Waals surface area (Å²) in [5.74, 6) is -4.74. The molecule has 8 N–H and O–H groups in total. The predicted molar refractivity (Wildman–Crippen MR) is 133 cm³/mol. The van der Waals surface area contributed by atoms with E-state index in [1.54, 1.807) is 32.2 Å². The summed E-state index contributed by atoms with van der Waals surface area (Å²) in [5.41, 5.74) is 6.18. The summed E-state index contributed by atoms with van der Waals surface area (Å²) in [5, 5.41) is 35.3. The minimum atomic E-state index is -1.37. The molecule has 13 heteroatoms. The van der Waals surface area contributed by atoms with Crippen LogP contribution in [0.4, 0.5) is 0 Å². The van der Waals surface area contributed by atoms with Crippen molar-refractivity contribution < 1.29 is 39.3 Å². The average molecular weight is 527 g/mol. The van der Waals surface area contributed by atoms with Gasteiger partial charge in [0.1, 0.15) is 23.9 Å². The van der Waals surface area contributed by atoms with E-state index in [0.717, 1.165) is 0 Å². The van der Waals surface area contributed by atoms with Gasteiger partial charge >= 0.3 is 11.9 Å². The largest absolute Gasteiger partial charge is 0.508 e. The fourth-order valence-corrected chi connectivity index (χ4v) is 3.65. The molecule has 0 heterocycles. The van der Waals surface area contributed by atoms with Gasteiger partial charge in [-0.3, -0.25) is 19.2 Å². The first-order valence-electron chi connectivity index (χ1n) is 11.2. The summed E-state index contributed by atoms with van der Waals surface area (Å²) < 4.78 is 0. The van der Waals surface area contributed by atoms with Crippen molar-refractivity contribution in [2.75, 3.05) is 12.0 Å². The van der Waals surface area contributed by atoms with Gasteiger partial charge in [0.15, 0.2) is 0 Å². The molecule has 0 bridgehead atoms. The molecule has 3 amide bonds. The van der Waals surface area contributed by atoms with E-state index in [1.807, 2.05) is 0 Å². The van der Waals surface area contributed by atoms with Crippen LogP contribution >= 0.6 is 11.8 Å². The second-order valence-electron chi connectivity index (χ2n) is 8.55. The van der Waals surface area contributed by atoms with E-state index in [9.17, 15) is 34.2 Å². The van der Waals surface area contributed by atoms with Gasteiger partial charge in [0, 0.05) is 6.42 Å². The zero-order valence-electron chi connectivity index (χ0n) is 20.4. The normalized spacial score (nSPS) is 14.2. The van der Waals surface area contributed by atoms with Gasteiger partial charge in [-0.15, -0.1) is 0 Å². The smallest absolute Gasteiger partial charge is 0.326 e. The van der Waals surface area contributed by atoms with Gasteiger partial charge < -0.3 is 37.0 Å². The summed E-state index contributed by atoms with van der Waals surface area (Å²) in [4.78, 5) is 60.9. The number of rotatable bonds is 15. The molecule has 200 valence electrons. The standard InChI is InChI=1S/C23H34N4O8S/c1-12(2)19(23(34)35)27-22(33)17(10-13-4-6-14(28)7-5-13)26-21(32)16(8-9-36-3)25-20(31)15(24)11-18(29)30/h4-7,12,15-17,19,28H,8-11,24H2,1-3H3,(H,25,31)(H,26,32)(H,27,33)(H,29,30)(H,34,35). The van der Waals surface area contributed by atoms with Crippen molar-refractivity contribution in [1.29, 1.82) is 0 Å². The molecular weight excluding hydrogens is 492 g/mol. The number of phenolic OH excluding ortho intramolecular Hbond substituents is 1. The van der Waals surface area contributed by atoms with E-state index in [-0.39, 0.29) is 18.6 Å². The lowest BCUT2D eigenvalue weighted by Gasteiger charge is -2.26. The number of aromatic hydroxyl groups is 1. The lowest BCUT2D eigenvalue weighted by atomic mass is 10.0. The maximum absolute atomic E-state index is 13.1. The van der Waals surface area contributed by atoms with Crippen LogP contribution in [-0.2, 0) is 30.4 Å². The van der Waals surface area contributed by atoms with Crippen LogP contribution in [-0.4, -0.2) is 81.2 Å². The maximum atomic E-state index is 13.1. The van der Waals surface area contributed by atoms with Gasteiger partial charge in [-0.25, -0.2) is 4.79 Å². The van der Waals surface area contributed by atoms with Crippen LogP contribution in [0.5, 0.6) is 5.75 Å². The number of phenols is 1. The lowest BCUT2D eigenvalue weighted by molar-refractivity contribution is -0.143. The fraction of sp³-hybridized carbons (Fsp3) is 0.522. The number of hydrogen-bond acceptors (Lipinski definition) is 8. The van der Waals surface area contributed by atoms with Crippen LogP contribution in [0.25, 0.3) is 0 Å². The van der Waals surface area contributed by atoms with E-state index in [4.69, 9.17) is 10.8 Å². The number of aliphatic carboxylic acids is 2. The number of hydrogen-bond donors (Lipinski definition) is 7. The summed E-state index contributed by atoms with van der Waals surface area (Å²) in [6, 6.07) is 1.04. The molecule has 0 fully saturated rings. The second kappa shape index (κ2) is 14.9. The second-order valence-corrected chi connectivity index (χ2v) is 9.53. The third kappa shape index (κ3) is 10.5. The number of benzene rings is 1. The first-order chi connectivity index (χ1) is 16.8. The Balaban J connectivity index is 3.14. The molecule has 0 saturated carbocycles. The average Bonchev–Trinajstić information content (AvgIpc) is 2.79. The van der Waals surface area contributed by atoms with Crippen molar-refractivity contribution in [1.82, 2.24) is 16.0 Å². The van der Waals surface area contributed by atoms with Crippen LogP contribution in [0.1, 0.15) is 32.3 Å². The monoisotopic (exact) mass is 526 g/mol. The SMILES string of the molecule is CSCCC(NC(=O)C(N)CC(=O)O)C(=O)NC(Cc1ccc(O)cc1)C(=O)NC(C(=O)O)C(C)C. The highest BCUT2D eigenvalue weighted by Crippen LogP contribution is 2.13. The van der Waals surface area contributed by atoms with E-state index >= 15 is 0 Å². The third-order valence-corrected chi connectivity index (χ3v) is 5.86. The highest BCUT2D eigenvalue weighted by Gasteiger charge is 2.31. The van der Waals surface area contributed by atoms with Crippen molar-refractivity contribution in [2.24, 2.45) is 11.7 Å². The minimum absolute atomic E-state index is 0.00655. The molecule has 0 spiro atoms. The first kappa shape index (κ1) is 30.7. The van der Waals surface area contributed by atoms with Crippen LogP contribution in [0.15, 0.2) is 24.3 Å². The number of carboxylic acids is 2. The Morgan fingerprint density at radius 3 is 1.97 bits per heavy atom. The minimum Gasteiger partial charge on any atom is -0.508 e. The number of amides is 3. The van der Waals surface area contributed by atoms with Gasteiger partial charge in [-0.2, -0.15) is 11.8 Å². The molecule has 0 aliphatic rings. The van der Waals surface area contributed by atoms with Crippen molar-refractivity contribution in [2.45, 2.75) is 57.3 Å². The molecule has 0 aromatic heterocycles. The van der Waals surface area contributed by atoms with Crippen molar-refractivity contribution >= 4 is 41.4 Å². The first-order valence-corrected chi connectivity index (χ1v) is 12.6. The van der Waals surface area contributed by atoms with E-state index in [2.05, 4.69) is 16.0 Å². The number of carboxylic acid groups (broad SMARTS) is 2. The molecule has 1 rings (SSSR count). The number of nitrogens with two attached hydrogens (primary N) is 1. The molecule has 4 unspecified atom stereocenters. The quantitative estimate of drug-likeness (QED) is 0.158. The number of carbonyl (C=O) groups excluding carboxylic acids is 3. The molecule has 36 heavy (non-hydrogen) atoms. The Morgan fingerprint density at radius 1 is 0.917 bits per heavy atom. The Morgan fingerprint density at radius 2 is 1.47 bits per heavy atom. The molecule has 4 atom stereocenters. The van der Waals surface area contributed by atoms with Crippen LogP contribution in [0.3, 0.4) is 0 Å². The molecule has 0 aliphatic heterocycles. The molecule has 0 aliphatic carbocycles. The van der Waals surface area contributed by atoms with Crippen molar-refractivity contribution in [3.8, 4) is 5.75 Å². The van der Waals surface area contributed by atoms with Gasteiger partial charge in [-0.05, 0) is 42.0 Å². The molecule has 12 nitrogen and oxygen atoms in total. The topological polar surface area (TPSA) is 208 Å². The molecular formula is C23H34N4O8S. The molecule has 1 aromatic rings. The molecule has 0 saturated heterocycles. The van der Waals surface area contributed by atoms with Gasteiger partial charge in [0.25, 0.3) is 0 Å². The number of carbonyl (C=O) groups is 5. The van der Waals surface area contributed by atoms with Crippen LogP contribution < -0.4 is 21.7 Å². The van der Waals surface area contributed by atoms with E-state index in [1.165, 1.54) is 23.9 Å². The van der Waals surface area contributed by atoms with Crippen LogP contribution in [0, 0.1) is 5.92 Å². The summed E-state index contributed by atoms with van der Waals surface area (Å²) in [6.45, 7) is 3.25. The highest BCUT2D eigenvalue weighted by atomic mass is 32.2. The zero-order chi connectivity index (χ0) is 27.4. The van der Waals surface area contributed by atoms with E-state index < -0.39 is 66.2 Å². The number of thioether (sulfide) groups is 1. The van der Waals surface area contributed by atoms with Gasteiger partial charge in [0.2, 0.25) is 17.7 Å². The highest BCUT2D eigenvalue weighted by molar-refractivity contribution is 7.98. The van der Waals surface area contributed by atoms with Crippen molar-refractivity contribution in [3.05, 3.63) is 29.8 Å². The molecule has 0 radical (unpaired) electrons. The number of nitrogens with one attached hydrogen (secondary N) is 3.